The van der Waals surface area contributed by atoms with Gasteiger partial charge in [-0.15, -0.1) is 0 Å². The molecule has 0 saturated heterocycles. The lowest BCUT2D eigenvalue weighted by Crippen LogP contribution is -2.20. The molecule has 0 bridgehead atoms. The summed E-state index contributed by atoms with van der Waals surface area (Å²) in [5.74, 6) is -5.52. The number of aryl methyl sites for hydroxylation is 1. The first-order valence-corrected chi connectivity index (χ1v) is 11.8. The van der Waals surface area contributed by atoms with Crippen molar-refractivity contribution in [2.75, 3.05) is 0 Å². The molecule has 0 spiro atoms. The number of pyridine rings is 1. The summed E-state index contributed by atoms with van der Waals surface area (Å²) in [5.41, 5.74) is -0.184. The molecular weight excluding hydrogens is 470 g/mol. The number of allylic oxidation sites excluding steroid dienone is 2. The molecular formula is C25H21F4NO3S. The normalized spacial score (nSPS) is 13.1. The van der Waals surface area contributed by atoms with Crippen LogP contribution >= 0.6 is 0 Å². The van der Waals surface area contributed by atoms with Gasteiger partial charge in [0.2, 0.25) is 5.78 Å². The van der Waals surface area contributed by atoms with Crippen molar-refractivity contribution in [3.8, 4) is 0 Å². The van der Waals surface area contributed by atoms with Crippen LogP contribution in [0.25, 0.3) is 0 Å². The largest absolute Gasteiger partial charge is 0.288 e. The van der Waals surface area contributed by atoms with Crippen LogP contribution < -0.4 is 0 Å². The van der Waals surface area contributed by atoms with Gasteiger partial charge in [-0.05, 0) is 79.9 Å². The molecule has 1 aromatic heterocycles. The van der Waals surface area contributed by atoms with Crippen molar-refractivity contribution in [2.45, 2.75) is 37.3 Å². The molecule has 4 nitrogen and oxygen atoms in total. The van der Waals surface area contributed by atoms with Crippen molar-refractivity contribution in [1.82, 2.24) is 4.98 Å². The van der Waals surface area contributed by atoms with Crippen molar-refractivity contribution in [1.29, 1.82) is 0 Å². The minimum atomic E-state index is -4.61. The first-order chi connectivity index (χ1) is 16.0. The van der Waals surface area contributed by atoms with Crippen LogP contribution in [-0.2, 0) is 9.84 Å². The number of hydrogen-bond acceptors (Lipinski definition) is 4. The molecule has 34 heavy (non-hydrogen) atoms. The second-order valence-corrected chi connectivity index (χ2v) is 9.80. The Morgan fingerprint density at radius 1 is 1.03 bits per heavy atom. The van der Waals surface area contributed by atoms with E-state index in [4.69, 9.17) is 0 Å². The topological polar surface area (TPSA) is 64.1 Å². The summed E-state index contributed by atoms with van der Waals surface area (Å²) < 4.78 is 84.1. The molecule has 0 fully saturated rings. The molecule has 0 saturated carbocycles. The molecule has 1 unspecified atom stereocenters. The average molecular weight is 492 g/mol. The lowest BCUT2D eigenvalue weighted by atomic mass is 9.99. The highest BCUT2D eigenvalue weighted by Gasteiger charge is 2.37. The second kappa shape index (κ2) is 9.89. The molecule has 9 heteroatoms. The van der Waals surface area contributed by atoms with Gasteiger partial charge in [-0.1, -0.05) is 12.5 Å². The van der Waals surface area contributed by atoms with Crippen molar-refractivity contribution in [3.63, 3.8) is 0 Å². The summed E-state index contributed by atoms with van der Waals surface area (Å²) >= 11 is 0. The van der Waals surface area contributed by atoms with E-state index >= 15 is 0 Å². The van der Waals surface area contributed by atoms with E-state index in [1.807, 2.05) is 6.92 Å². The summed E-state index contributed by atoms with van der Waals surface area (Å²) in [6, 6.07) is 6.15. The lowest BCUT2D eigenvalue weighted by Gasteiger charge is -2.22. The first-order valence-electron chi connectivity index (χ1n) is 10.3. The number of benzene rings is 2. The molecule has 178 valence electrons. The van der Waals surface area contributed by atoms with Crippen molar-refractivity contribution in [3.05, 3.63) is 106 Å². The Morgan fingerprint density at radius 2 is 1.65 bits per heavy atom. The zero-order chi connectivity index (χ0) is 25.2. The van der Waals surface area contributed by atoms with Crippen molar-refractivity contribution in [2.24, 2.45) is 0 Å². The number of nitrogens with zero attached hydrogens (tertiary/aromatic N) is 1. The zero-order valence-electron chi connectivity index (χ0n) is 18.6. The van der Waals surface area contributed by atoms with Crippen LogP contribution in [0.2, 0.25) is 0 Å². The Morgan fingerprint density at radius 3 is 2.24 bits per heavy atom. The van der Waals surface area contributed by atoms with Crippen LogP contribution in [0.15, 0.2) is 65.2 Å². The van der Waals surface area contributed by atoms with E-state index in [0.29, 0.717) is 18.6 Å². The smallest absolute Gasteiger partial charge is 0.204 e. The van der Waals surface area contributed by atoms with Gasteiger partial charge in [-0.3, -0.25) is 9.78 Å². The Kier molecular flexibility index (Phi) is 7.35. The van der Waals surface area contributed by atoms with Gasteiger partial charge in [-0.2, -0.15) is 0 Å². The molecule has 1 atom stereocenters. The number of ketones is 1. The van der Waals surface area contributed by atoms with E-state index in [1.165, 1.54) is 19.1 Å². The zero-order valence-corrected chi connectivity index (χ0v) is 19.4. The quantitative estimate of drug-likeness (QED) is 0.133. The number of hydrogen-bond donors (Lipinski definition) is 0. The van der Waals surface area contributed by atoms with Gasteiger partial charge in [0.05, 0.1) is 4.90 Å². The standard InChI is InChI=1S/C25H21F4NO3S/c1-4-14(2)11-22(31)21-12-15(3)18(13-30-21)25(23-19(27)9-10-20(28)24(23)29)34(32,33)17-7-5-16(26)6-8-17/h5-13,25H,4H2,1-3H3/b14-11+. The van der Waals surface area contributed by atoms with E-state index in [1.54, 1.807) is 6.92 Å². The van der Waals surface area contributed by atoms with E-state index in [2.05, 4.69) is 4.98 Å². The summed E-state index contributed by atoms with van der Waals surface area (Å²) in [4.78, 5) is 16.0. The van der Waals surface area contributed by atoms with Crippen molar-refractivity contribution >= 4 is 15.6 Å². The third-order valence-electron chi connectivity index (χ3n) is 5.42. The predicted octanol–water partition coefficient (Wildman–Crippen LogP) is 6.05. The average Bonchev–Trinajstić information content (AvgIpc) is 2.79. The molecule has 0 aliphatic heterocycles. The fourth-order valence-corrected chi connectivity index (χ4v) is 5.29. The highest BCUT2D eigenvalue weighted by Crippen LogP contribution is 2.39. The van der Waals surface area contributed by atoms with Gasteiger partial charge in [0.25, 0.3) is 0 Å². The molecule has 2 aromatic carbocycles. The van der Waals surface area contributed by atoms with Crippen LogP contribution in [0.3, 0.4) is 0 Å². The monoisotopic (exact) mass is 491 g/mol. The van der Waals surface area contributed by atoms with Gasteiger partial charge in [0.1, 0.15) is 22.6 Å². The van der Waals surface area contributed by atoms with E-state index in [-0.39, 0.29) is 16.8 Å². The van der Waals surface area contributed by atoms with Crippen LogP contribution in [0, 0.1) is 30.2 Å². The van der Waals surface area contributed by atoms with E-state index in [9.17, 15) is 30.8 Å². The number of carbonyl (C=O) groups is 1. The maximum atomic E-state index is 14.8. The minimum absolute atomic E-state index is 0.00664. The molecule has 3 aromatic rings. The van der Waals surface area contributed by atoms with Crippen LogP contribution in [-0.4, -0.2) is 19.2 Å². The second-order valence-electron chi connectivity index (χ2n) is 7.77. The van der Waals surface area contributed by atoms with Gasteiger partial charge in [0.15, 0.2) is 21.5 Å². The Balaban J connectivity index is 2.27. The lowest BCUT2D eigenvalue weighted by molar-refractivity contribution is 0.104. The number of halogens is 4. The third-order valence-corrected chi connectivity index (χ3v) is 7.45. The summed E-state index contributed by atoms with van der Waals surface area (Å²) in [5, 5.41) is -2.04. The molecule has 3 rings (SSSR count). The molecule has 0 N–H and O–H groups in total. The molecule has 0 radical (unpaired) electrons. The fourth-order valence-electron chi connectivity index (χ4n) is 3.40. The van der Waals surface area contributed by atoms with E-state index < -0.39 is 54.6 Å². The number of rotatable bonds is 7. The van der Waals surface area contributed by atoms with Crippen LogP contribution in [0.5, 0.6) is 0 Å². The Hall–Kier alpha value is -3.33. The first kappa shape index (κ1) is 25.3. The van der Waals surface area contributed by atoms with E-state index in [0.717, 1.165) is 36.0 Å². The highest BCUT2D eigenvalue weighted by molar-refractivity contribution is 7.92. The maximum absolute atomic E-state index is 14.8. The predicted molar refractivity (Wildman–Crippen MR) is 119 cm³/mol. The molecule has 1 heterocycles. The SMILES string of the molecule is CC/C(C)=C/C(=O)c1cc(C)c(C(c2c(F)ccc(F)c2F)S(=O)(=O)c2ccc(F)cc2)cn1. The van der Waals surface area contributed by atoms with Crippen LogP contribution in [0.1, 0.15) is 52.7 Å². The number of carbonyl (C=O) groups excluding carboxylic acids is 1. The minimum Gasteiger partial charge on any atom is -0.288 e. The molecule has 0 amide bonds. The molecule has 0 aliphatic rings. The Bertz CT molecular complexity index is 1380. The summed E-state index contributed by atoms with van der Waals surface area (Å²) in [7, 11) is -4.61. The number of aromatic nitrogens is 1. The Labute approximate surface area is 194 Å². The van der Waals surface area contributed by atoms with Crippen LogP contribution in [0.4, 0.5) is 17.6 Å². The van der Waals surface area contributed by atoms with Crippen molar-refractivity contribution < 1.29 is 30.8 Å². The van der Waals surface area contributed by atoms with Gasteiger partial charge in [0, 0.05) is 11.8 Å². The van der Waals surface area contributed by atoms with Gasteiger partial charge < -0.3 is 0 Å². The summed E-state index contributed by atoms with van der Waals surface area (Å²) in [6.45, 7) is 5.08. The highest BCUT2D eigenvalue weighted by atomic mass is 32.2. The van der Waals surface area contributed by atoms with Gasteiger partial charge in [-0.25, -0.2) is 26.0 Å². The summed E-state index contributed by atoms with van der Waals surface area (Å²) in [6.07, 6.45) is 3.06. The molecule has 0 aliphatic carbocycles. The maximum Gasteiger partial charge on any atom is 0.204 e. The third kappa shape index (κ3) is 4.94. The number of sulfone groups is 1. The fraction of sp³-hybridized carbons (Fsp3) is 0.200. The van der Waals surface area contributed by atoms with Gasteiger partial charge >= 0.3 is 0 Å².